The largest absolute Gasteiger partial charge is 0.388 e. The Labute approximate surface area is 93.9 Å². The van der Waals surface area contributed by atoms with Gasteiger partial charge in [0, 0.05) is 6.54 Å². The first-order valence-electron chi connectivity index (χ1n) is 5.62. The van der Waals surface area contributed by atoms with E-state index in [1.54, 1.807) is 0 Å². The molecule has 1 saturated carbocycles. The van der Waals surface area contributed by atoms with Crippen LogP contribution in [0.2, 0.25) is 0 Å². The molecule has 0 saturated heterocycles. The standard InChI is InChI=1S/C11H16FN3O/c12-9-6-13-10(14-7-9)15-8-11(16)4-2-1-3-5-11/h6-7,16H,1-5,8H2,(H,13,14,15). The molecule has 1 fully saturated rings. The predicted octanol–water partition coefficient (Wildman–Crippen LogP) is 1.72. The van der Waals surface area contributed by atoms with Crippen LogP contribution in [-0.2, 0) is 0 Å². The molecule has 1 aromatic rings. The number of nitrogens with one attached hydrogen (secondary N) is 1. The summed E-state index contributed by atoms with van der Waals surface area (Å²) >= 11 is 0. The zero-order chi connectivity index (χ0) is 11.4. The van der Waals surface area contributed by atoms with Gasteiger partial charge in [-0.3, -0.25) is 0 Å². The number of rotatable bonds is 3. The lowest BCUT2D eigenvalue weighted by Crippen LogP contribution is -2.39. The Bertz CT molecular complexity index is 336. The van der Waals surface area contributed by atoms with E-state index >= 15 is 0 Å². The molecule has 0 atom stereocenters. The molecule has 0 radical (unpaired) electrons. The fourth-order valence-corrected chi connectivity index (χ4v) is 2.03. The third kappa shape index (κ3) is 2.88. The number of hydrogen-bond acceptors (Lipinski definition) is 4. The van der Waals surface area contributed by atoms with E-state index in [9.17, 15) is 9.50 Å². The van der Waals surface area contributed by atoms with Gasteiger partial charge in [-0.15, -0.1) is 0 Å². The van der Waals surface area contributed by atoms with Crippen molar-refractivity contribution in [2.45, 2.75) is 37.7 Å². The Hall–Kier alpha value is -1.23. The molecule has 1 heterocycles. The molecule has 1 aliphatic carbocycles. The molecule has 1 aliphatic rings. The summed E-state index contributed by atoms with van der Waals surface area (Å²) in [5.74, 6) is -0.0951. The van der Waals surface area contributed by atoms with E-state index in [4.69, 9.17) is 0 Å². The van der Waals surface area contributed by atoms with Crippen molar-refractivity contribution in [1.29, 1.82) is 0 Å². The summed E-state index contributed by atoms with van der Waals surface area (Å²) in [5, 5.41) is 13.1. The van der Waals surface area contributed by atoms with Crippen LogP contribution in [0.25, 0.3) is 0 Å². The fourth-order valence-electron chi connectivity index (χ4n) is 2.03. The normalized spacial score (nSPS) is 19.4. The average molecular weight is 225 g/mol. The van der Waals surface area contributed by atoms with E-state index in [1.165, 1.54) is 6.42 Å². The van der Waals surface area contributed by atoms with E-state index in [2.05, 4.69) is 15.3 Å². The predicted molar refractivity (Wildman–Crippen MR) is 58.5 cm³/mol. The van der Waals surface area contributed by atoms with E-state index < -0.39 is 11.4 Å². The van der Waals surface area contributed by atoms with E-state index in [0.29, 0.717) is 12.5 Å². The summed E-state index contributed by atoms with van der Waals surface area (Å²) in [7, 11) is 0. The number of anilines is 1. The second-order valence-electron chi connectivity index (χ2n) is 4.36. The van der Waals surface area contributed by atoms with Crippen LogP contribution in [0.5, 0.6) is 0 Å². The van der Waals surface area contributed by atoms with Gasteiger partial charge in [-0.2, -0.15) is 0 Å². The first kappa shape index (κ1) is 11.3. The molecule has 88 valence electrons. The zero-order valence-electron chi connectivity index (χ0n) is 9.12. The summed E-state index contributed by atoms with van der Waals surface area (Å²) in [4.78, 5) is 7.57. The lowest BCUT2D eigenvalue weighted by molar-refractivity contribution is 0.0166. The lowest BCUT2D eigenvalue weighted by atomic mass is 9.85. The maximum atomic E-state index is 12.6. The van der Waals surface area contributed by atoms with Crippen LogP contribution >= 0.6 is 0 Å². The van der Waals surface area contributed by atoms with Crippen molar-refractivity contribution in [2.24, 2.45) is 0 Å². The van der Waals surface area contributed by atoms with Gasteiger partial charge < -0.3 is 10.4 Å². The van der Waals surface area contributed by atoms with Crippen LogP contribution in [0.15, 0.2) is 12.4 Å². The third-order valence-electron chi connectivity index (χ3n) is 2.98. The molecule has 0 amide bonds. The maximum Gasteiger partial charge on any atom is 0.222 e. The van der Waals surface area contributed by atoms with Crippen LogP contribution in [0.3, 0.4) is 0 Å². The highest BCUT2D eigenvalue weighted by Crippen LogP contribution is 2.27. The molecule has 1 aromatic heterocycles. The monoisotopic (exact) mass is 225 g/mol. The molecule has 0 aliphatic heterocycles. The topological polar surface area (TPSA) is 58.0 Å². The highest BCUT2D eigenvalue weighted by molar-refractivity contribution is 5.23. The maximum absolute atomic E-state index is 12.6. The van der Waals surface area contributed by atoms with Crippen molar-refractivity contribution in [3.05, 3.63) is 18.2 Å². The third-order valence-corrected chi connectivity index (χ3v) is 2.98. The molecule has 0 unspecified atom stereocenters. The number of halogens is 1. The van der Waals surface area contributed by atoms with Crippen LogP contribution in [-0.4, -0.2) is 27.2 Å². The Morgan fingerprint density at radius 2 is 1.88 bits per heavy atom. The van der Waals surface area contributed by atoms with Crippen LogP contribution < -0.4 is 5.32 Å². The minimum Gasteiger partial charge on any atom is -0.388 e. The molecule has 0 aromatic carbocycles. The van der Waals surface area contributed by atoms with Gasteiger partial charge in [0.25, 0.3) is 0 Å². The molecule has 4 nitrogen and oxygen atoms in total. The van der Waals surface area contributed by atoms with Crippen molar-refractivity contribution >= 4 is 5.95 Å². The van der Waals surface area contributed by atoms with Gasteiger partial charge in [-0.25, -0.2) is 14.4 Å². The minimum absolute atomic E-state index is 0.361. The van der Waals surface area contributed by atoms with Crippen LogP contribution in [0, 0.1) is 5.82 Å². The van der Waals surface area contributed by atoms with E-state index in [-0.39, 0.29) is 0 Å². The van der Waals surface area contributed by atoms with E-state index in [0.717, 1.165) is 38.1 Å². The summed E-state index contributed by atoms with van der Waals surface area (Å²) in [6.07, 6.45) is 7.14. The van der Waals surface area contributed by atoms with Crippen molar-refractivity contribution < 1.29 is 9.50 Å². The van der Waals surface area contributed by atoms with Gasteiger partial charge in [0.2, 0.25) is 5.95 Å². The van der Waals surface area contributed by atoms with Gasteiger partial charge in [0.15, 0.2) is 5.82 Å². The molecule has 16 heavy (non-hydrogen) atoms. The number of aliphatic hydroxyl groups is 1. The first-order chi connectivity index (χ1) is 7.68. The zero-order valence-corrected chi connectivity index (χ0v) is 9.12. The molecule has 2 rings (SSSR count). The molecule has 2 N–H and O–H groups in total. The van der Waals surface area contributed by atoms with E-state index in [1.807, 2.05) is 0 Å². The van der Waals surface area contributed by atoms with Crippen molar-refractivity contribution in [2.75, 3.05) is 11.9 Å². The highest BCUT2D eigenvalue weighted by atomic mass is 19.1. The Kier molecular flexibility index (Phi) is 3.33. The first-order valence-corrected chi connectivity index (χ1v) is 5.62. The molecular formula is C11H16FN3O. The van der Waals surface area contributed by atoms with Crippen molar-refractivity contribution in [3.8, 4) is 0 Å². The van der Waals surface area contributed by atoms with Crippen LogP contribution in [0.4, 0.5) is 10.3 Å². The summed E-state index contributed by atoms with van der Waals surface area (Å²) < 4.78 is 12.6. The molecule has 0 spiro atoms. The SMILES string of the molecule is OC1(CNc2ncc(F)cn2)CCCCC1. The molecule has 5 heteroatoms. The fraction of sp³-hybridized carbons (Fsp3) is 0.636. The summed E-state index contributed by atoms with van der Waals surface area (Å²) in [6.45, 7) is 0.429. The number of aromatic nitrogens is 2. The molecule has 0 bridgehead atoms. The Morgan fingerprint density at radius 1 is 1.25 bits per heavy atom. The molecular weight excluding hydrogens is 209 g/mol. The van der Waals surface area contributed by atoms with Crippen molar-refractivity contribution in [1.82, 2.24) is 9.97 Å². The van der Waals surface area contributed by atoms with Gasteiger partial charge in [-0.05, 0) is 12.8 Å². The highest BCUT2D eigenvalue weighted by Gasteiger charge is 2.28. The Morgan fingerprint density at radius 3 is 2.50 bits per heavy atom. The van der Waals surface area contributed by atoms with Gasteiger partial charge >= 0.3 is 0 Å². The minimum atomic E-state index is -0.657. The average Bonchev–Trinajstić information content (AvgIpc) is 2.29. The summed E-state index contributed by atoms with van der Waals surface area (Å²) in [5.41, 5.74) is -0.657. The quantitative estimate of drug-likeness (QED) is 0.822. The second-order valence-corrected chi connectivity index (χ2v) is 4.36. The number of nitrogens with zero attached hydrogens (tertiary/aromatic N) is 2. The summed E-state index contributed by atoms with van der Waals surface area (Å²) in [6, 6.07) is 0. The van der Waals surface area contributed by atoms with Crippen molar-refractivity contribution in [3.63, 3.8) is 0 Å². The second kappa shape index (κ2) is 4.74. The van der Waals surface area contributed by atoms with Crippen LogP contribution in [0.1, 0.15) is 32.1 Å². The number of hydrogen-bond donors (Lipinski definition) is 2. The van der Waals surface area contributed by atoms with Gasteiger partial charge in [0.05, 0.1) is 18.0 Å². The van der Waals surface area contributed by atoms with Gasteiger partial charge in [-0.1, -0.05) is 19.3 Å². The lowest BCUT2D eigenvalue weighted by Gasteiger charge is -2.32. The Balaban J connectivity index is 1.88. The smallest absolute Gasteiger partial charge is 0.222 e. The van der Waals surface area contributed by atoms with Gasteiger partial charge in [0.1, 0.15) is 0 Å².